The first kappa shape index (κ1) is 8.77. The summed E-state index contributed by atoms with van der Waals surface area (Å²) in [5, 5.41) is 3.36. The number of aliphatic imine (C=N–C) groups is 1. The second kappa shape index (κ2) is 3.57. The minimum absolute atomic E-state index is 0.387. The maximum Gasteiger partial charge on any atom is 0.285 e. The van der Waals surface area contributed by atoms with Gasteiger partial charge in [-0.05, 0) is 24.0 Å². The number of hydrogen-bond donors (Lipinski definition) is 1. The number of ether oxygens (including phenoxy) is 1. The van der Waals surface area contributed by atoms with Crippen molar-refractivity contribution in [2.45, 2.75) is 18.9 Å². The quantitative estimate of drug-likeness (QED) is 0.751. The highest BCUT2D eigenvalue weighted by Crippen LogP contribution is 2.30. The standard InChI is InChI=1S/C12H14N2O/c1-2-4-10-9(3-1)5-6-11(10)14-12-13-7-8-15-12/h1-4,11H,5-8H2,(H,13,14)/t11-/m0/s1. The summed E-state index contributed by atoms with van der Waals surface area (Å²) < 4.78 is 5.37. The third-order valence-corrected chi connectivity index (χ3v) is 3.02. The van der Waals surface area contributed by atoms with E-state index in [9.17, 15) is 0 Å². The molecule has 1 heterocycles. The summed E-state index contributed by atoms with van der Waals surface area (Å²) in [5.41, 5.74) is 2.85. The Morgan fingerprint density at radius 3 is 3.13 bits per heavy atom. The molecule has 0 saturated heterocycles. The zero-order valence-electron chi connectivity index (χ0n) is 8.57. The predicted molar refractivity (Wildman–Crippen MR) is 58.9 cm³/mol. The largest absolute Gasteiger partial charge is 0.463 e. The number of aryl methyl sites for hydroxylation is 1. The highest BCUT2D eigenvalue weighted by atomic mass is 16.5. The minimum Gasteiger partial charge on any atom is -0.463 e. The molecule has 3 nitrogen and oxygen atoms in total. The Labute approximate surface area is 89.2 Å². The summed E-state index contributed by atoms with van der Waals surface area (Å²) in [4.78, 5) is 4.26. The van der Waals surface area contributed by atoms with E-state index in [0.29, 0.717) is 6.04 Å². The van der Waals surface area contributed by atoms with Crippen LogP contribution in [0.4, 0.5) is 0 Å². The molecule has 2 aliphatic rings. The lowest BCUT2D eigenvalue weighted by Crippen LogP contribution is -2.27. The van der Waals surface area contributed by atoms with Gasteiger partial charge >= 0.3 is 0 Å². The molecule has 0 bridgehead atoms. The number of nitrogens with zero attached hydrogens (tertiary/aromatic N) is 1. The molecule has 1 atom stereocenters. The van der Waals surface area contributed by atoms with Crippen LogP contribution in [-0.4, -0.2) is 19.2 Å². The van der Waals surface area contributed by atoms with Crippen LogP contribution in [0.15, 0.2) is 29.3 Å². The Morgan fingerprint density at radius 2 is 2.27 bits per heavy atom. The SMILES string of the molecule is c1ccc2c(c1)CC[C@@H]2NC1=NCCO1. The molecule has 1 aliphatic carbocycles. The molecule has 0 spiro atoms. The van der Waals surface area contributed by atoms with Crippen molar-refractivity contribution in [3.63, 3.8) is 0 Å². The van der Waals surface area contributed by atoms with Gasteiger partial charge < -0.3 is 10.1 Å². The van der Waals surface area contributed by atoms with Crippen LogP contribution in [0.3, 0.4) is 0 Å². The van der Waals surface area contributed by atoms with Gasteiger partial charge in [0.05, 0.1) is 12.6 Å². The first-order chi connectivity index (χ1) is 7.43. The van der Waals surface area contributed by atoms with E-state index >= 15 is 0 Å². The molecule has 3 heteroatoms. The van der Waals surface area contributed by atoms with E-state index in [0.717, 1.165) is 32.0 Å². The van der Waals surface area contributed by atoms with Gasteiger partial charge in [-0.3, -0.25) is 0 Å². The van der Waals surface area contributed by atoms with E-state index in [1.54, 1.807) is 0 Å². The smallest absolute Gasteiger partial charge is 0.285 e. The predicted octanol–water partition coefficient (Wildman–Crippen LogP) is 1.65. The molecule has 0 amide bonds. The van der Waals surface area contributed by atoms with Gasteiger partial charge in [0, 0.05) is 0 Å². The molecule has 0 unspecified atom stereocenters. The second-order valence-corrected chi connectivity index (χ2v) is 3.97. The second-order valence-electron chi connectivity index (χ2n) is 3.97. The van der Waals surface area contributed by atoms with Crippen molar-refractivity contribution >= 4 is 6.02 Å². The van der Waals surface area contributed by atoms with Crippen molar-refractivity contribution in [3.8, 4) is 0 Å². The minimum atomic E-state index is 0.387. The van der Waals surface area contributed by atoms with Crippen LogP contribution in [-0.2, 0) is 11.2 Å². The van der Waals surface area contributed by atoms with Crippen molar-refractivity contribution in [2.75, 3.05) is 13.2 Å². The summed E-state index contributed by atoms with van der Waals surface area (Å²) in [6.45, 7) is 1.51. The van der Waals surface area contributed by atoms with Gasteiger partial charge in [0.25, 0.3) is 6.02 Å². The summed E-state index contributed by atoms with van der Waals surface area (Å²) in [5.74, 6) is 0. The molecule has 1 aromatic carbocycles. The molecule has 1 aliphatic heterocycles. The Balaban J connectivity index is 1.79. The molecule has 78 valence electrons. The maximum atomic E-state index is 5.37. The Morgan fingerprint density at radius 1 is 1.33 bits per heavy atom. The Hall–Kier alpha value is -1.51. The van der Waals surface area contributed by atoms with Crippen LogP contribution in [0.5, 0.6) is 0 Å². The highest BCUT2D eigenvalue weighted by Gasteiger charge is 2.23. The molecule has 1 aromatic rings. The van der Waals surface area contributed by atoms with Crippen LogP contribution < -0.4 is 5.32 Å². The lowest BCUT2D eigenvalue weighted by atomic mass is 10.1. The fourth-order valence-electron chi connectivity index (χ4n) is 2.28. The number of amidine groups is 1. The summed E-state index contributed by atoms with van der Waals surface area (Å²) in [6.07, 6.45) is 2.29. The van der Waals surface area contributed by atoms with Crippen molar-refractivity contribution in [1.29, 1.82) is 0 Å². The fourth-order valence-corrected chi connectivity index (χ4v) is 2.28. The zero-order valence-corrected chi connectivity index (χ0v) is 8.57. The van der Waals surface area contributed by atoms with E-state index in [4.69, 9.17) is 4.74 Å². The third kappa shape index (κ3) is 1.58. The average Bonchev–Trinajstić information content (AvgIpc) is 2.89. The van der Waals surface area contributed by atoms with Gasteiger partial charge in [-0.15, -0.1) is 0 Å². The Kier molecular flexibility index (Phi) is 2.09. The van der Waals surface area contributed by atoms with E-state index < -0.39 is 0 Å². The van der Waals surface area contributed by atoms with Crippen LogP contribution in [0.25, 0.3) is 0 Å². The van der Waals surface area contributed by atoms with Crippen LogP contribution in [0.2, 0.25) is 0 Å². The molecular weight excluding hydrogens is 188 g/mol. The number of rotatable bonds is 1. The van der Waals surface area contributed by atoms with Gasteiger partial charge in [-0.1, -0.05) is 24.3 Å². The zero-order chi connectivity index (χ0) is 10.1. The van der Waals surface area contributed by atoms with Crippen molar-refractivity contribution in [2.24, 2.45) is 4.99 Å². The van der Waals surface area contributed by atoms with Gasteiger partial charge in [0.15, 0.2) is 0 Å². The number of hydrogen-bond acceptors (Lipinski definition) is 3. The fraction of sp³-hybridized carbons (Fsp3) is 0.417. The normalized spacial score (nSPS) is 23.2. The van der Waals surface area contributed by atoms with Gasteiger partial charge in [-0.2, -0.15) is 0 Å². The van der Waals surface area contributed by atoms with E-state index in [2.05, 4.69) is 34.6 Å². The molecule has 3 rings (SSSR count). The average molecular weight is 202 g/mol. The monoisotopic (exact) mass is 202 g/mol. The lowest BCUT2D eigenvalue weighted by molar-refractivity contribution is 0.325. The molecule has 0 aromatic heterocycles. The van der Waals surface area contributed by atoms with E-state index in [1.165, 1.54) is 11.1 Å². The summed E-state index contributed by atoms with van der Waals surface area (Å²) in [6, 6.07) is 9.69. The summed E-state index contributed by atoms with van der Waals surface area (Å²) in [7, 11) is 0. The van der Waals surface area contributed by atoms with Crippen molar-refractivity contribution < 1.29 is 4.74 Å². The topological polar surface area (TPSA) is 33.6 Å². The Bertz CT molecular complexity index is 400. The first-order valence-electron chi connectivity index (χ1n) is 5.45. The molecule has 0 radical (unpaired) electrons. The lowest BCUT2D eigenvalue weighted by Gasteiger charge is -2.14. The first-order valence-corrected chi connectivity index (χ1v) is 5.45. The number of nitrogens with one attached hydrogen (secondary N) is 1. The van der Waals surface area contributed by atoms with Gasteiger partial charge in [-0.25, -0.2) is 4.99 Å². The molecule has 0 saturated carbocycles. The maximum absolute atomic E-state index is 5.37. The van der Waals surface area contributed by atoms with Crippen molar-refractivity contribution in [3.05, 3.63) is 35.4 Å². The van der Waals surface area contributed by atoms with Crippen LogP contribution >= 0.6 is 0 Å². The van der Waals surface area contributed by atoms with Gasteiger partial charge in [0.1, 0.15) is 6.61 Å². The van der Waals surface area contributed by atoms with Crippen LogP contribution in [0, 0.1) is 0 Å². The number of benzene rings is 1. The van der Waals surface area contributed by atoms with E-state index in [1.807, 2.05) is 0 Å². The highest BCUT2D eigenvalue weighted by molar-refractivity contribution is 5.75. The van der Waals surface area contributed by atoms with E-state index in [-0.39, 0.29) is 0 Å². The molecule has 0 fully saturated rings. The molecule has 15 heavy (non-hydrogen) atoms. The number of fused-ring (bicyclic) bond motifs is 1. The van der Waals surface area contributed by atoms with Crippen LogP contribution in [0.1, 0.15) is 23.6 Å². The summed E-state index contributed by atoms with van der Waals surface area (Å²) >= 11 is 0. The third-order valence-electron chi connectivity index (χ3n) is 3.02. The van der Waals surface area contributed by atoms with Crippen molar-refractivity contribution in [1.82, 2.24) is 5.32 Å². The molecule has 1 N–H and O–H groups in total. The van der Waals surface area contributed by atoms with Gasteiger partial charge in [0.2, 0.25) is 0 Å². The molecular formula is C12H14N2O.